The van der Waals surface area contributed by atoms with Crippen LogP contribution in [-0.4, -0.2) is 26.0 Å². The third-order valence-electron chi connectivity index (χ3n) is 3.01. The number of aromatic nitrogens is 3. The van der Waals surface area contributed by atoms with Gasteiger partial charge in [0, 0.05) is 17.1 Å². The van der Waals surface area contributed by atoms with E-state index in [0.717, 1.165) is 9.15 Å². The smallest absolute Gasteiger partial charge is 0.295 e. The Morgan fingerprint density at radius 3 is 2.84 bits per heavy atom. The Morgan fingerprint density at radius 2 is 2.11 bits per heavy atom. The van der Waals surface area contributed by atoms with Crippen molar-refractivity contribution in [3.05, 3.63) is 33.3 Å². The Balaban J connectivity index is 2.11. The first-order valence-electron chi connectivity index (χ1n) is 5.66. The van der Waals surface area contributed by atoms with Gasteiger partial charge in [-0.2, -0.15) is 4.68 Å². The molecule has 0 saturated carbocycles. The van der Waals surface area contributed by atoms with Crippen LogP contribution in [0.25, 0.3) is 5.65 Å². The lowest BCUT2D eigenvalue weighted by molar-refractivity contribution is -0.136. The molecule has 0 radical (unpaired) electrons. The van der Waals surface area contributed by atoms with Gasteiger partial charge in [-0.05, 0) is 34.5 Å². The van der Waals surface area contributed by atoms with E-state index < -0.39 is 17.6 Å². The molecule has 1 aliphatic heterocycles. The molecule has 0 aliphatic carbocycles. The Bertz CT molecular complexity index is 748. The zero-order chi connectivity index (χ0) is 13.6. The summed E-state index contributed by atoms with van der Waals surface area (Å²) in [6.45, 7) is 0. The number of carbonyl (C=O) groups is 2. The van der Waals surface area contributed by atoms with Gasteiger partial charge in [0.15, 0.2) is 5.65 Å². The number of hydrogen-bond donors (Lipinski definition) is 1. The van der Waals surface area contributed by atoms with Crippen molar-refractivity contribution in [3.63, 3.8) is 0 Å². The summed E-state index contributed by atoms with van der Waals surface area (Å²) in [5.74, 6) is -0.804. The average Bonchev–Trinajstić information content (AvgIpc) is 2.67. The van der Waals surface area contributed by atoms with Gasteiger partial charge < -0.3 is 0 Å². The van der Waals surface area contributed by atoms with Crippen molar-refractivity contribution in [2.75, 3.05) is 0 Å². The largest absolute Gasteiger partial charge is 0.351 e. The fraction of sp³-hybridized carbons (Fsp3) is 0.273. The number of carbonyl (C=O) groups excluding carboxylic acids is 2. The van der Waals surface area contributed by atoms with Gasteiger partial charge in [0.25, 0.3) is 5.91 Å². The summed E-state index contributed by atoms with van der Waals surface area (Å²) < 4.78 is 3.22. The summed E-state index contributed by atoms with van der Waals surface area (Å²) in [6.07, 6.45) is 2.09. The molecule has 2 amide bonds. The summed E-state index contributed by atoms with van der Waals surface area (Å²) in [5, 5.41) is 6.34. The molecule has 19 heavy (non-hydrogen) atoms. The summed E-state index contributed by atoms with van der Waals surface area (Å²) in [5.41, 5.74) is 0.0590. The maximum Gasteiger partial charge on any atom is 0.351 e. The Kier molecular flexibility index (Phi) is 2.74. The Labute approximate surface area is 115 Å². The molecule has 2 aromatic rings. The van der Waals surface area contributed by atoms with Crippen molar-refractivity contribution in [1.82, 2.24) is 19.5 Å². The first kappa shape index (κ1) is 12.1. The molecule has 0 spiro atoms. The average molecular weight is 325 g/mol. The molecule has 0 aromatic carbocycles. The van der Waals surface area contributed by atoms with Crippen LogP contribution in [0, 0.1) is 0 Å². The summed E-state index contributed by atoms with van der Waals surface area (Å²) in [4.78, 5) is 35.0. The summed E-state index contributed by atoms with van der Waals surface area (Å²) in [7, 11) is 0. The van der Waals surface area contributed by atoms with Gasteiger partial charge in [-0.15, -0.1) is 5.10 Å². The van der Waals surface area contributed by atoms with Gasteiger partial charge in [-0.1, -0.05) is 0 Å². The van der Waals surface area contributed by atoms with Crippen LogP contribution >= 0.6 is 15.9 Å². The molecule has 1 N–H and O–H groups in total. The number of pyridine rings is 1. The normalized spacial score (nSPS) is 19.7. The molecule has 3 rings (SSSR count). The number of rotatable bonds is 1. The predicted octanol–water partition coefficient (Wildman–Crippen LogP) is 0.236. The van der Waals surface area contributed by atoms with Crippen LogP contribution in [0.5, 0.6) is 0 Å². The monoisotopic (exact) mass is 324 g/mol. The minimum Gasteiger partial charge on any atom is -0.295 e. The highest BCUT2D eigenvalue weighted by Gasteiger charge is 2.30. The highest BCUT2D eigenvalue weighted by molar-refractivity contribution is 9.10. The molecule has 2 aromatic heterocycles. The van der Waals surface area contributed by atoms with E-state index in [1.165, 1.54) is 4.40 Å². The number of halogens is 1. The van der Waals surface area contributed by atoms with Crippen molar-refractivity contribution in [1.29, 1.82) is 0 Å². The van der Waals surface area contributed by atoms with E-state index >= 15 is 0 Å². The van der Waals surface area contributed by atoms with Gasteiger partial charge in [0.1, 0.15) is 6.04 Å². The van der Waals surface area contributed by atoms with Crippen molar-refractivity contribution in [2.45, 2.75) is 18.9 Å². The van der Waals surface area contributed by atoms with Crippen LogP contribution in [0.1, 0.15) is 18.9 Å². The van der Waals surface area contributed by atoms with E-state index in [1.807, 2.05) is 0 Å². The molecule has 1 unspecified atom stereocenters. The van der Waals surface area contributed by atoms with Crippen molar-refractivity contribution < 1.29 is 9.59 Å². The van der Waals surface area contributed by atoms with Gasteiger partial charge in [0.2, 0.25) is 5.91 Å². The van der Waals surface area contributed by atoms with E-state index in [1.54, 1.807) is 18.3 Å². The third-order valence-corrected chi connectivity index (χ3v) is 3.48. The highest BCUT2D eigenvalue weighted by atomic mass is 79.9. The number of amides is 2. The molecular formula is C11H9BrN4O3. The fourth-order valence-electron chi connectivity index (χ4n) is 2.08. The highest BCUT2D eigenvalue weighted by Crippen LogP contribution is 2.17. The van der Waals surface area contributed by atoms with Crippen LogP contribution in [0.4, 0.5) is 0 Å². The maximum absolute atomic E-state index is 12.2. The summed E-state index contributed by atoms with van der Waals surface area (Å²) in [6, 6.07) is 2.70. The first-order valence-corrected chi connectivity index (χ1v) is 6.46. The van der Waals surface area contributed by atoms with Gasteiger partial charge in [0.05, 0.1) is 0 Å². The molecule has 1 saturated heterocycles. The van der Waals surface area contributed by atoms with Gasteiger partial charge in [-0.25, -0.2) is 9.20 Å². The van der Waals surface area contributed by atoms with Crippen LogP contribution in [-0.2, 0) is 9.59 Å². The molecule has 98 valence electrons. The zero-order valence-electron chi connectivity index (χ0n) is 9.67. The van der Waals surface area contributed by atoms with Gasteiger partial charge >= 0.3 is 5.69 Å². The minimum atomic E-state index is -0.733. The van der Waals surface area contributed by atoms with E-state index in [0.29, 0.717) is 5.65 Å². The molecule has 1 aliphatic rings. The molecule has 7 nitrogen and oxygen atoms in total. The molecule has 1 atom stereocenters. The molecule has 8 heteroatoms. The third kappa shape index (κ3) is 1.97. The lowest BCUT2D eigenvalue weighted by atomic mass is 10.1. The second kappa shape index (κ2) is 4.30. The minimum absolute atomic E-state index is 0.209. The van der Waals surface area contributed by atoms with Crippen molar-refractivity contribution in [2.24, 2.45) is 0 Å². The van der Waals surface area contributed by atoms with Crippen LogP contribution in [0.2, 0.25) is 0 Å². The van der Waals surface area contributed by atoms with Gasteiger partial charge in [-0.3, -0.25) is 14.9 Å². The first-order chi connectivity index (χ1) is 9.06. The molecule has 1 fully saturated rings. The van der Waals surface area contributed by atoms with E-state index in [9.17, 15) is 14.4 Å². The quantitative estimate of drug-likeness (QED) is 0.761. The van der Waals surface area contributed by atoms with Crippen molar-refractivity contribution in [3.8, 4) is 0 Å². The number of fused-ring (bicyclic) bond motifs is 1. The van der Waals surface area contributed by atoms with Crippen molar-refractivity contribution >= 4 is 33.4 Å². The number of imide groups is 1. The lowest BCUT2D eigenvalue weighted by Crippen LogP contribution is -2.44. The fourth-order valence-corrected chi connectivity index (χ4v) is 2.42. The number of nitrogens with zero attached hydrogens (tertiary/aromatic N) is 3. The predicted molar refractivity (Wildman–Crippen MR) is 68.6 cm³/mol. The number of nitrogens with one attached hydrogen (secondary N) is 1. The topological polar surface area (TPSA) is 85.5 Å². The lowest BCUT2D eigenvalue weighted by Gasteiger charge is -2.19. The second-order valence-corrected chi connectivity index (χ2v) is 5.19. The van der Waals surface area contributed by atoms with Crippen LogP contribution in [0.3, 0.4) is 0 Å². The van der Waals surface area contributed by atoms with E-state index in [2.05, 4.69) is 26.3 Å². The SMILES string of the molecule is O=C1CCC(n2nc3ccc(Br)cn3c2=O)C(=O)N1. The Morgan fingerprint density at radius 1 is 1.32 bits per heavy atom. The molecule has 0 bridgehead atoms. The maximum atomic E-state index is 12.2. The molecule has 3 heterocycles. The number of hydrogen-bond acceptors (Lipinski definition) is 4. The number of piperidine rings is 1. The van der Waals surface area contributed by atoms with Crippen LogP contribution < -0.4 is 11.0 Å². The standard InChI is InChI=1S/C11H9BrN4O3/c12-6-1-3-8-14-16(11(19)15(8)5-6)7-2-4-9(17)13-10(7)18/h1,3,5,7H,2,4H2,(H,13,17,18). The Hall–Kier alpha value is -1.96. The molecular weight excluding hydrogens is 316 g/mol. The van der Waals surface area contributed by atoms with Crippen LogP contribution in [0.15, 0.2) is 27.6 Å². The second-order valence-electron chi connectivity index (χ2n) is 4.27. The summed E-state index contributed by atoms with van der Waals surface area (Å²) >= 11 is 3.27. The van der Waals surface area contributed by atoms with E-state index in [4.69, 9.17) is 0 Å². The zero-order valence-corrected chi connectivity index (χ0v) is 11.3. The van der Waals surface area contributed by atoms with E-state index in [-0.39, 0.29) is 18.7 Å².